The van der Waals surface area contributed by atoms with E-state index in [0.717, 1.165) is 34.6 Å². The summed E-state index contributed by atoms with van der Waals surface area (Å²) < 4.78 is 1.87. The maximum atomic E-state index is 12.8. The number of carbonyl (C=O) groups is 1. The molecule has 1 aliphatic heterocycles. The van der Waals surface area contributed by atoms with Gasteiger partial charge in [0.05, 0.1) is 0 Å². The number of aryl methyl sites for hydroxylation is 1. The second-order valence-corrected chi connectivity index (χ2v) is 7.55. The van der Waals surface area contributed by atoms with Crippen LogP contribution < -0.4 is 5.32 Å². The van der Waals surface area contributed by atoms with Crippen molar-refractivity contribution < 1.29 is 4.79 Å². The highest BCUT2D eigenvalue weighted by Crippen LogP contribution is 2.42. The van der Waals surface area contributed by atoms with E-state index in [9.17, 15) is 4.79 Å². The predicted molar refractivity (Wildman–Crippen MR) is 100.0 cm³/mol. The zero-order valence-electron chi connectivity index (χ0n) is 14.3. The van der Waals surface area contributed by atoms with E-state index in [2.05, 4.69) is 28.7 Å². The molecule has 7 heteroatoms. The van der Waals surface area contributed by atoms with E-state index in [-0.39, 0.29) is 11.8 Å². The van der Waals surface area contributed by atoms with Gasteiger partial charge in [-0.1, -0.05) is 0 Å². The third-order valence-corrected chi connectivity index (χ3v) is 6.03. The number of fused-ring (bicyclic) bond motifs is 1. The van der Waals surface area contributed by atoms with Gasteiger partial charge in [-0.3, -0.25) is 9.78 Å². The fourth-order valence-electron chi connectivity index (χ4n) is 3.69. The molecule has 1 N–H and O–H groups in total. The molecule has 5 rings (SSSR count). The average molecular weight is 363 g/mol. The quantitative estimate of drug-likeness (QED) is 0.751. The molecule has 0 amide bonds. The molecule has 0 fully saturated rings. The maximum absolute atomic E-state index is 12.8. The van der Waals surface area contributed by atoms with Crippen LogP contribution in [0.3, 0.4) is 0 Å². The largest absolute Gasteiger partial charge is 0.328 e. The van der Waals surface area contributed by atoms with Gasteiger partial charge in [0.15, 0.2) is 11.6 Å². The molecule has 2 aliphatic rings. The Morgan fingerprint density at radius 2 is 2.08 bits per heavy atom. The lowest BCUT2D eigenvalue weighted by Crippen LogP contribution is -2.31. The average Bonchev–Trinajstić information content (AvgIpc) is 3.27. The number of carbonyl (C=O) groups excluding carboxylic acids is 1. The van der Waals surface area contributed by atoms with E-state index in [1.807, 2.05) is 16.8 Å². The molecule has 26 heavy (non-hydrogen) atoms. The van der Waals surface area contributed by atoms with Gasteiger partial charge in [0.2, 0.25) is 5.95 Å². The highest BCUT2D eigenvalue weighted by Gasteiger charge is 2.38. The number of hydrogen-bond donors (Lipinski definition) is 1. The van der Waals surface area contributed by atoms with E-state index >= 15 is 0 Å². The second kappa shape index (κ2) is 5.88. The van der Waals surface area contributed by atoms with E-state index in [1.165, 1.54) is 5.56 Å². The Balaban J connectivity index is 1.70. The lowest BCUT2D eigenvalue weighted by molar-refractivity contribution is -0.116. The Morgan fingerprint density at radius 1 is 1.23 bits per heavy atom. The summed E-state index contributed by atoms with van der Waals surface area (Å²) in [5.74, 6) is 1.55. The molecule has 1 aliphatic carbocycles. The molecule has 3 aromatic rings. The molecule has 0 saturated heterocycles. The van der Waals surface area contributed by atoms with Gasteiger partial charge in [0.1, 0.15) is 6.04 Å². The molecule has 6 nitrogen and oxygen atoms in total. The Bertz CT molecular complexity index is 1030. The normalized spacial score (nSPS) is 19.1. The molecule has 0 saturated carbocycles. The van der Waals surface area contributed by atoms with E-state index in [1.54, 1.807) is 23.7 Å². The number of thiophene rings is 1. The van der Waals surface area contributed by atoms with Crippen molar-refractivity contribution in [3.05, 3.63) is 57.7 Å². The minimum absolute atomic E-state index is 0.197. The number of aromatic nitrogens is 4. The molecule has 1 atom stereocenters. The van der Waals surface area contributed by atoms with Crippen LogP contribution in [0.1, 0.15) is 35.7 Å². The standard InChI is InChI=1S/C19H17N5OS/c1-11-7-10-26-17(11)16-15-13(3-2-4-14(15)25)21-19-22-18(23-24(16)19)12-5-8-20-9-6-12/h5-10,16H,2-4H2,1H3,(H,21,22,23). The van der Waals surface area contributed by atoms with Gasteiger partial charge in [-0.15, -0.1) is 16.4 Å². The molecule has 1 unspecified atom stereocenters. The van der Waals surface area contributed by atoms with Crippen molar-refractivity contribution in [2.24, 2.45) is 0 Å². The van der Waals surface area contributed by atoms with Crippen molar-refractivity contribution in [2.75, 3.05) is 5.32 Å². The summed E-state index contributed by atoms with van der Waals surface area (Å²) in [6, 6.07) is 5.68. The summed E-state index contributed by atoms with van der Waals surface area (Å²) in [7, 11) is 0. The number of ketones is 1. The molecular weight excluding hydrogens is 346 g/mol. The lowest BCUT2D eigenvalue weighted by Gasteiger charge is -2.31. The topological polar surface area (TPSA) is 72.7 Å². The van der Waals surface area contributed by atoms with Crippen molar-refractivity contribution in [3.8, 4) is 11.4 Å². The third-order valence-electron chi connectivity index (χ3n) is 4.96. The molecule has 130 valence electrons. The monoisotopic (exact) mass is 363 g/mol. The molecule has 0 bridgehead atoms. The number of Topliss-reactive ketones (excluding diaryl/α,β-unsaturated/α-hetero) is 1. The first-order chi connectivity index (χ1) is 12.7. The number of nitrogens with zero attached hydrogens (tertiary/aromatic N) is 4. The fourth-order valence-corrected chi connectivity index (χ4v) is 4.71. The molecular formula is C19H17N5OS. The summed E-state index contributed by atoms with van der Waals surface area (Å²) >= 11 is 1.67. The molecule has 0 radical (unpaired) electrons. The van der Waals surface area contributed by atoms with Crippen LogP contribution in [-0.4, -0.2) is 25.5 Å². The van der Waals surface area contributed by atoms with Crippen molar-refractivity contribution in [1.29, 1.82) is 0 Å². The number of anilines is 1. The van der Waals surface area contributed by atoms with Gasteiger partial charge in [-0.2, -0.15) is 4.98 Å². The molecule has 0 spiro atoms. The van der Waals surface area contributed by atoms with Gasteiger partial charge < -0.3 is 5.32 Å². The third kappa shape index (κ3) is 2.31. The number of allylic oxidation sites excluding steroid dienone is 2. The summed E-state index contributed by atoms with van der Waals surface area (Å²) in [4.78, 5) is 22.7. The Labute approximate surface area is 154 Å². The van der Waals surface area contributed by atoms with Crippen LogP contribution in [0, 0.1) is 6.92 Å². The van der Waals surface area contributed by atoms with Crippen molar-refractivity contribution in [3.63, 3.8) is 0 Å². The van der Waals surface area contributed by atoms with Crippen molar-refractivity contribution in [1.82, 2.24) is 19.7 Å². The summed E-state index contributed by atoms with van der Waals surface area (Å²) in [5, 5.41) is 10.2. The molecule has 3 aromatic heterocycles. The van der Waals surface area contributed by atoms with Crippen LogP contribution in [0.4, 0.5) is 5.95 Å². The summed E-state index contributed by atoms with van der Waals surface area (Å²) in [6.07, 6.45) is 5.82. The van der Waals surface area contributed by atoms with Gasteiger partial charge in [0, 0.05) is 40.5 Å². The summed E-state index contributed by atoms with van der Waals surface area (Å²) in [5.41, 5.74) is 3.94. The SMILES string of the molecule is Cc1ccsc1C1C2=C(CCCC2=O)Nc2nc(-c3ccncc3)nn21. The van der Waals surface area contributed by atoms with E-state index in [0.29, 0.717) is 18.2 Å². The zero-order valence-corrected chi connectivity index (χ0v) is 15.1. The number of hydrogen-bond acceptors (Lipinski definition) is 6. The zero-order chi connectivity index (χ0) is 17.7. The van der Waals surface area contributed by atoms with Crippen LogP contribution in [0.15, 0.2) is 47.2 Å². The Kier molecular flexibility index (Phi) is 3.49. The van der Waals surface area contributed by atoms with Crippen LogP contribution >= 0.6 is 11.3 Å². The van der Waals surface area contributed by atoms with Gasteiger partial charge >= 0.3 is 0 Å². The Morgan fingerprint density at radius 3 is 2.85 bits per heavy atom. The van der Waals surface area contributed by atoms with Crippen LogP contribution in [-0.2, 0) is 4.79 Å². The lowest BCUT2D eigenvalue weighted by atomic mass is 9.87. The summed E-state index contributed by atoms with van der Waals surface area (Å²) in [6.45, 7) is 2.09. The van der Waals surface area contributed by atoms with Gasteiger partial charge in [-0.25, -0.2) is 4.68 Å². The second-order valence-electron chi connectivity index (χ2n) is 6.60. The maximum Gasteiger partial charge on any atom is 0.226 e. The first-order valence-electron chi connectivity index (χ1n) is 8.66. The van der Waals surface area contributed by atoms with Crippen molar-refractivity contribution >= 4 is 23.1 Å². The predicted octanol–water partition coefficient (Wildman–Crippen LogP) is 3.73. The van der Waals surface area contributed by atoms with E-state index < -0.39 is 0 Å². The number of pyridine rings is 1. The van der Waals surface area contributed by atoms with Crippen molar-refractivity contribution in [2.45, 2.75) is 32.2 Å². The van der Waals surface area contributed by atoms with Gasteiger partial charge in [0.25, 0.3) is 0 Å². The minimum Gasteiger partial charge on any atom is -0.328 e. The highest BCUT2D eigenvalue weighted by atomic mass is 32.1. The van der Waals surface area contributed by atoms with Gasteiger partial charge in [-0.05, 0) is 48.9 Å². The molecule has 4 heterocycles. The number of rotatable bonds is 2. The first-order valence-corrected chi connectivity index (χ1v) is 9.54. The number of nitrogens with one attached hydrogen (secondary N) is 1. The highest BCUT2D eigenvalue weighted by molar-refractivity contribution is 7.10. The fraction of sp³-hybridized carbons (Fsp3) is 0.263. The van der Waals surface area contributed by atoms with Crippen LogP contribution in [0.2, 0.25) is 0 Å². The van der Waals surface area contributed by atoms with Crippen LogP contribution in [0.25, 0.3) is 11.4 Å². The van der Waals surface area contributed by atoms with E-state index in [4.69, 9.17) is 10.1 Å². The Hall–Kier alpha value is -2.80. The molecule has 0 aromatic carbocycles. The smallest absolute Gasteiger partial charge is 0.226 e. The van der Waals surface area contributed by atoms with Crippen LogP contribution in [0.5, 0.6) is 0 Å². The first kappa shape index (κ1) is 15.5. The minimum atomic E-state index is -0.197.